The number of rotatable bonds is 4. The summed E-state index contributed by atoms with van der Waals surface area (Å²) in [6.07, 6.45) is 4.44. The smallest absolute Gasteiger partial charge is 0.333 e. The molecule has 2 rings (SSSR count). The third kappa shape index (κ3) is 1.59. The molecule has 0 amide bonds. The van der Waals surface area contributed by atoms with Crippen LogP contribution in [0.2, 0.25) is 0 Å². The first-order chi connectivity index (χ1) is 7.62. The van der Waals surface area contributed by atoms with Gasteiger partial charge in [0.15, 0.2) is 6.10 Å². The van der Waals surface area contributed by atoms with Crippen LogP contribution >= 0.6 is 0 Å². The molecule has 0 radical (unpaired) electrons. The molecule has 1 aromatic rings. The quantitative estimate of drug-likeness (QED) is 0.837. The van der Waals surface area contributed by atoms with Gasteiger partial charge in [-0.3, -0.25) is 4.98 Å². The van der Waals surface area contributed by atoms with Crippen LogP contribution in [0.5, 0.6) is 0 Å². The number of methoxy groups -OCH3 is 1. The van der Waals surface area contributed by atoms with Crippen LogP contribution in [0.1, 0.15) is 24.0 Å². The first kappa shape index (κ1) is 11.1. The van der Waals surface area contributed by atoms with E-state index in [1.165, 1.54) is 7.11 Å². The van der Waals surface area contributed by atoms with E-state index in [1.807, 2.05) is 13.0 Å². The lowest BCUT2D eigenvalue weighted by atomic mass is 9.88. The van der Waals surface area contributed by atoms with Crippen molar-refractivity contribution in [2.24, 2.45) is 0 Å². The molecule has 16 heavy (non-hydrogen) atoms. The van der Waals surface area contributed by atoms with Gasteiger partial charge in [-0.1, -0.05) is 0 Å². The van der Waals surface area contributed by atoms with E-state index in [-0.39, 0.29) is 5.41 Å². The standard InChI is InChI=1S/C12H15NO3/c1-8-7-13-6-3-9(8)12(4-5-12)10(16-2)11(14)15/h3,6-7,10H,4-5H2,1-2H3,(H,14,15). The molecule has 0 aliphatic heterocycles. The number of aryl methyl sites for hydroxylation is 1. The van der Waals surface area contributed by atoms with Gasteiger partial charge in [-0.05, 0) is 37.0 Å². The predicted octanol–water partition coefficient (Wildman–Crippen LogP) is 1.52. The molecule has 1 atom stereocenters. The van der Waals surface area contributed by atoms with Crippen LogP contribution in [0.3, 0.4) is 0 Å². The number of carboxylic acids is 1. The summed E-state index contributed by atoms with van der Waals surface area (Å²) < 4.78 is 5.13. The van der Waals surface area contributed by atoms with E-state index in [0.29, 0.717) is 0 Å². The van der Waals surface area contributed by atoms with Crippen LogP contribution in [0.15, 0.2) is 18.5 Å². The summed E-state index contributed by atoms with van der Waals surface area (Å²) in [5, 5.41) is 9.16. The molecule has 1 aliphatic carbocycles. The van der Waals surface area contributed by atoms with Crippen LogP contribution in [0.4, 0.5) is 0 Å². The summed E-state index contributed by atoms with van der Waals surface area (Å²) in [7, 11) is 1.45. The van der Waals surface area contributed by atoms with E-state index < -0.39 is 12.1 Å². The normalized spacial score (nSPS) is 19.1. The number of nitrogens with zero attached hydrogens (tertiary/aromatic N) is 1. The van der Waals surface area contributed by atoms with Gasteiger partial charge in [0, 0.05) is 24.9 Å². The molecule has 1 heterocycles. The molecule has 1 unspecified atom stereocenters. The highest BCUT2D eigenvalue weighted by atomic mass is 16.5. The van der Waals surface area contributed by atoms with Crippen LogP contribution in [-0.2, 0) is 14.9 Å². The number of carbonyl (C=O) groups is 1. The molecule has 1 saturated carbocycles. The van der Waals surface area contributed by atoms with Crippen LogP contribution in [0, 0.1) is 6.92 Å². The first-order valence-corrected chi connectivity index (χ1v) is 5.28. The molecule has 0 aromatic carbocycles. The van der Waals surface area contributed by atoms with Crippen molar-refractivity contribution >= 4 is 5.97 Å². The van der Waals surface area contributed by atoms with E-state index in [4.69, 9.17) is 9.84 Å². The number of aliphatic carboxylic acids is 1. The highest BCUT2D eigenvalue weighted by molar-refractivity contribution is 5.76. The number of ether oxygens (including phenoxy) is 1. The molecule has 86 valence electrons. The Morgan fingerprint density at radius 1 is 1.62 bits per heavy atom. The lowest BCUT2D eigenvalue weighted by Gasteiger charge is -2.23. The zero-order valence-corrected chi connectivity index (χ0v) is 9.43. The highest BCUT2D eigenvalue weighted by Gasteiger charge is 2.55. The minimum Gasteiger partial charge on any atom is -0.479 e. The van der Waals surface area contributed by atoms with Crippen molar-refractivity contribution in [3.05, 3.63) is 29.6 Å². The van der Waals surface area contributed by atoms with Crippen molar-refractivity contribution in [2.75, 3.05) is 7.11 Å². The molecular formula is C12H15NO3. The van der Waals surface area contributed by atoms with Crippen molar-refractivity contribution in [2.45, 2.75) is 31.3 Å². The number of aromatic nitrogens is 1. The molecule has 4 heteroatoms. The van der Waals surface area contributed by atoms with Gasteiger partial charge in [-0.25, -0.2) is 4.79 Å². The Labute approximate surface area is 94.3 Å². The lowest BCUT2D eigenvalue weighted by Crippen LogP contribution is -2.36. The molecule has 1 fully saturated rings. The minimum atomic E-state index is -0.892. The fourth-order valence-electron chi connectivity index (χ4n) is 2.40. The highest BCUT2D eigenvalue weighted by Crippen LogP contribution is 2.52. The molecule has 1 N–H and O–H groups in total. The van der Waals surface area contributed by atoms with Gasteiger partial charge in [0.2, 0.25) is 0 Å². The maximum absolute atomic E-state index is 11.2. The number of pyridine rings is 1. The van der Waals surface area contributed by atoms with Gasteiger partial charge < -0.3 is 9.84 Å². The van der Waals surface area contributed by atoms with E-state index >= 15 is 0 Å². The topological polar surface area (TPSA) is 59.4 Å². The zero-order chi connectivity index (χ0) is 11.8. The maximum atomic E-state index is 11.2. The minimum absolute atomic E-state index is 0.340. The largest absolute Gasteiger partial charge is 0.479 e. The van der Waals surface area contributed by atoms with Crippen molar-refractivity contribution in [3.63, 3.8) is 0 Å². The van der Waals surface area contributed by atoms with E-state index in [2.05, 4.69) is 4.98 Å². The SMILES string of the molecule is COC(C(=O)O)C1(c2ccncc2C)CC1. The van der Waals surface area contributed by atoms with Crippen LogP contribution in [-0.4, -0.2) is 29.3 Å². The summed E-state index contributed by atoms with van der Waals surface area (Å²) in [6, 6.07) is 1.90. The van der Waals surface area contributed by atoms with Crippen LogP contribution in [0.25, 0.3) is 0 Å². The Morgan fingerprint density at radius 2 is 2.31 bits per heavy atom. The van der Waals surface area contributed by atoms with Gasteiger partial charge in [0.1, 0.15) is 0 Å². The second kappa shape index (κ2) is 3.87. The zero-order valence-electron chi connectivity index (χ0n) is 9.43. The second-order valence-corrected chi connectivity index (χ2v) is 4.30. The van der Waals surface area contributed by atoms with Crippen molar-refractivity contribution in [1.29, 1.82) is 0 Å². The van der Waals surface area contributed by atoms with Gasteiger partial charge >= 0.3 is 5.97 Å². The third-order valence-corrected chi connectivity index (χ3v) is 3.31. The average molecular weight is 221 g/mol. The lowest BCUT2D eigenvalue weighted by molar-refractivity contribution is -0.150. The average Bonchev–Trinajstić information content (AvgIpc) is 3.00. The summed E-state index contributed by atoms with van der Waals surface area (Å²) in [5.41, 5.74) is 1.74. The Kier molecular flexibility index (Phi) is 2.68. The molecule has 1 aromatic heterocycles. The van der Waals surface area contributed by atoms with E-state index in [1.54, 1.807) is 12.4 Å². The summed E-state index contributed by atoms with van der Waals surface area (Å²) >= 11 is 0. The van der Waals surface area contributed by atoms with Gasteiger partial charge in [-0.2, -0.15) is 0 Å². The van der Waals surface area contributed by atoms with E-state index in [9.17, 15) is 4.79 Å². The molecule has 0 spiro atoms. The fourth-order valence-corrected chi connectivity index (χ4v) is 2.40. The predicted molar refractivity (Wildman–Crippen MR) is 58.3 cm³/mol. The Morgan fingerprint density at radius 3 is 2.75 bits per heavy atom. The maximum Gasteiger partial charge on any atom is 0.333 e. The third-order valence-electron chi connectivity index (χ3n) is 3.31. The van der Waals surface area contributed by atoms with Crippen molar-refractivity contribution in [1.82, 2.24) is 4.98 Å². The monoisotopic (exact) mass is 221 g/mol. The van der Waals surface area contributed by atoms with Crippen molar-refractivity contribution in [3.8, 4) is 0 Å². The number of carboxylic acid groups (broad SMARTS) is 1. The molecule has 0 bridgehead atoms. The summed E-state index contributed by atoms with van der Waals surface area (Å²) in [4.78, 5) is 15.2. The van der Waals surface area contributed by atoms with E-state index in [0.717, 1.165) is 24.0 Å². The van der Waals surface area contributed by atoms with Gasteiger partial charge in [0.05, 0.1) is 0 Å². The summed E-state index contributed by atoms with van der Waals surface area (Å²) in [6.45, 7) is 1.96. The second-order valence-electron chi connectivity index (χ2n) is 4.30. The molecule has 0 saturated heterocycles. The van der Waals surface area contributed by atoms with Gasteiger partial charge in [-0.15, -0.1) is 0 Å². The number of hydrogen-bond acceptors (Lipinski definition) is 3. The van der Waals surface area contributed by atoms with Crippen molar-refractivity contribution < 1.29 is 14.6 Å². The molecule has 4 nitrogen and oxygen atoms in total. The van der Waals surface area contributed by atoms with Gasteiger partial charge in [0.25, 0.3) is 0 Å². The number of hydrogen-bond donors (Lipinski definition) is 1. The molecular weight excluding hydrogens is 206 g/mol. The van der Waals surface area contributed by atoms with Crippen LogP contribution < -0.4 is 0 Å². The Hall–Kier alpha value is -1.42. The Balaban J connectivity index is 2.39. The Bertz CT molecular complexity index is 412. The first-order valence-electron chi connectivity index (χ1n) is 5.28. The fraction of sp³-hybridized carbons (Fsp3) is 0.500. The summed E-state index contributed by atoms with van der Waals surface area (Å²) in [5.74, 6) is -0.892. The molecule has 1 aliphatic rings.